The van der Waals surface area contributed by atoms with Crippen LogP contribution >= 0.6 is 0 Å². The van der Waals surface area contributed by atoms with Crippen LogP contribution in [0.1, 0.15) is 82.2 Å². The molecule has 1 fully saturated rings. The fraction of sp³-hybridized carbons (Fsp3) is 0.464. The molecule has 6 N–H and O–H groups in total. The highest BCUT2D eigenvalue weighted by atomic mass is 16.7. The summed E-state index contributed by atoms with van der Waals surface area (Å²) >= 11 is 0. The van der Waals surface area contributed by atoms with Crippen molar-refractivity contribution in [2.75, 3.05) is 13.7 Å². The van der Waals surface area contributed by atoms with E-state index in [1.165, 1.54) is 25.3 Å². The van der Waals surface area contributed by atoms with Gasteiger partial charge in [0, 0.05) is 35.6 Å². The average molecular weight is 544 g/mol. The molecule has 0 aromatic heterocycles. The SMILES string of the molecule is CC[C@H](OC1CC(N)C(O)C(C)O1)c1c(O)c2c(c(O)c1CCC(=O)CO)C(=O)c1cccc(OC)c1C2=O. The average Bonchev–Trinajstić information content (AvgIpc) is 2.92. The third-order valence-electron chi connectivity index (χ3n) is 7.35. The molecule has 210 valence electrons. The second kappa shape index (κ2) is 11.4. The maximum atomic E-state index is 13.7. The van der Waals surface area contributed by atoms with Crippen molar-refractivity contribution in [1.29, 1.82) is 0 Å². The Hall–Kier alpha value is -3.35. The van der Waals surface area contributed by atoms with Gasteiger partial charge < -0.3 is 40.4 Å². The van der Waals surface area contributed by atoms with Crippen molar-refractivity contribution in [2.45, 2.75) is 70.2 Å². The van der Waals surface area contributed by atoms with Crippen LogP contribution in [0.15, 0.2) is 18.2 Å². The van der Waals surface area contributed by atoms with Crippen molar-refractivity contribution in [3.8, 4) is 17.2 Å². The van der Waals surface area contributed by atoms with Gasteiger partial charge in [0.15, 0.2) is 17.9 Å². The summed E-state index contributed by atoms with van der Waals surface area (Å²) < 4.78 is 17.2. The van der Waals surface area contributed by atoms with Gasteiger partial charge in [0.2, 0.25) is 5.78 Å². The molecule has 0 spiro atoms. The molecule has 1 saturated heterocycles. The second-order valence-corrected chi connectivity index (χ2v) is 9.77. The Morgan fingerprint density at radius 2 is 1.85 bits per heavy atom. The number of aromatic hydroxyl groups is 2. The van der Waals surface area contributed by atoms with Crippen LogP contribution in [0.2, 0.25) is 0 Å². The van der Waals surface area contributed by atoms with Gasteiger partial charge >= 0.3 is 0 Å². The number of aliphatic hydroxyl groups is 2. The summed E-state index contributed by atoms with van der Waals surface area (Å²) in [6.45, 7) is 2.67. The molecule has 4 rings (SSSR count). The third kappa shape index (κ3) is 5.04. The molecule has 39 heavy (non-hydrogen) atoms. The molecule has 1 heterocycles. The van der Waals surface area contributed by atoms with Gasteiger partial charge in [-0.2, -0.15) is 0 Å². The summed E-state index contributed by atoms with van der Waals surface area (Å²) in [7, 11) is 1.35. The normalized spacial score (nSPS) is 23.2. The molecule has 11 nitrogen and oxygen atoms in total. The van der Waals surface area contributed by atoms with Crippen LogP contribution < -0.4 is 10.5 Å². The highest BCUT2D eigenvalue weighted by molar-refractivity contribution is 6.31. The van der Waals surface area contributed by atoms with Crippen molar-refractivity contribution < 1.29 is 49.0 Å². The summed E-state index contributed by atoms with van der Waals surface area (Å²) in [6, 6.07) is 3.84. The number of phenolic OH excluding ortho intramolecular Hbond substituents is 2. The number of phenols is 2. The molecule has 1 aliphatic carbocycles. The Labute approximate surface area is 225 Å². The van der Waals surface area contributed by atoms with Crippen molar-refractivity contribution in [3.05, 3.63) is 51.6 Å². The Balaban J connectivity index is 1.88. The van der Waals surface area contributed by atoms with Crippen LogP contribution in [0.4, 0.5) is 0 Å². The number of rotatable bonds is 9. The Morgan fingerprint density at radius 3 is 2.46 bits per heavy atom. The lowest BCUT2D eigenvalue weighted by atomic mass is 9.78. The van der Waals surface area contributed by atoms with Crippen molar-refractivity contribution in [2.24, 2.45) is 5.73 Å². The molecular formula is C28H33NO10. The van der Waals surface area contributed by atoms with Crippen LogP contribution in [0.3, 0.4) is 0 Å². The monoisotopic (exact) mass is 543 g/mol. The lowest BCUT2D eigenvalue weighted by molar-refractivity contribution is -0.241. The van der Waals surface area contributed by atoms with Gasteiger partial charge in [0.05, 0.1) is 42.1 Å². The number of carbonyl (C=O) groups is 3. The molecule has 2 aliphatic rings. The van der Waals surface area contributed by atoms with Gasteiger partial charge in [-0.3, -0.25) is 14.4 Å². The van der Waals surface area contributed by atoms with E-state index in [0.717, 1.165) is 0 Å². The second-order valence-electron chi connectivity index (χ2n) is 9.77. The molecule has 4 unspecified atom stereocenters. The molecular weight excluding hydrogens is 510 g/mol. The zero-order valence-corrected chi connectivity index (χ0v) is 22.0. The van der Waals surface area contributed by atoms with Crippen molar-refractivity contribution >= 4 is 17.3 Å². The van der Waals surface area contributed by atoms with Gasteiger partial charge in [-0.05, 0) is 25.8 Å². The van der Waals surface area contributed by atoms with Crippen molar-refractivity contribution in [3.63, 3.8) is 0 Å². The van der Waals surface area contributed by atoms with E-state index in [1.807, 2.05) is 0 Å². The third-order valence-corrected chi connectivity index (χ3v) is 7.35. The fourth-order valence-electron chi connectivity index (χ4n) is 5.29. The number of ether oxygens (including phenoxy) is 3. The van der Waals surface area contributed by atoms with Gasteiger partial charge in [-0.25, -0.2) is 0 Å². The van der Waals surface area contributed by atoms with Gasteiger partial charge in [-0.1, -0.05) is 19.1 Å². The fourth-order valence-corrected chi connectivity index (χ4v) is 5.29. The standard InChI is InChI=1S/C28H33NO10/c1-4-17(39-19-10-16(29)24(32)12(2)38-19)20-15(9-8-13(31)11-30)26(34)22-23(27(20)35)28(36)21-14(25(22)33)6-5-7-18(21)37-3/h5-7,12,16-17,19,24,30,32,34-35H,4,8-11,29H2,1-3H3/t12?,16?,17-,19?,24?/m0/s1. The zero-order chi connectivity index (χ0) is 28.6. The van der Waals surface area contributed by atoms with Crippen LogP contribution in [-0.4, -0.2) is 76.0 Å². The Bertz CT molecular complexity index is 1290. The van der Waals surface area contributed by atoms with Crippen molar-refractivity contribution in [1.82, 2.24) is 0 Å². The summed E-state index contributed by atoms with van der Waals surface area (Å²) in [5.74, 6) is -2.91. The number of methoxy groups -OCH3 is 1. The van der Waals surface area contributed by atoms with E-state index in [2.05, 4.69) is 0 Å². The first kappa shape index (κ1) is 28.7. The predicted octanol–water partition coefficient (Wildman–Crippen LogP) is 1.67. The number of carbonyl (C=O) groups excluding carboxylic acids is 3. The lowest BCUT2D eigenvalue weighted by Crippen LogP contribution is -2.51. The number of aliphatic hydroxyl groups excluding tert-OH is 2. The number of hydrogen-bond acceptors (Lipinski definition) is 11. The maximum Gasteiger partial charge on any atom is 0.202 e. The minimum Gasteiger partial charge on any atom is -0.507 e. The zero-order valence-electron chi connectivity index (χ0n) is 22.0. The summed E-state index contributed by atoms with van der Waals surface area (Å²) in [5.41, 5.74) is 5.29. The van der Waals surface area contributed by atoms with Gasteiger partial charge in [0.1, 0.15) is 23.9 Å². The van der Waals surface area contributed by atoms with Crippen LogP contribution in [-0.2, 0) is 20.7 Å². The van der Waals surface area contributed by atoms with E-state index in [-0.39, 0.29) is 59.3 Å². The first-order valence-corrected chi connectivity index (χ1v) is 12.8. The highest BCUT2D eigenvalue weighted by Crippen LogP contribution is 2.48. The molecule has 0 bridgehead atoms. The van der Waals surface area contributed by atoms with Crippen LogP contribution in [0.25, 0.3) is 0 Å². The first-order chi connectivity index (χ1) is 18.5. The number of hydrogen-bond donors (Lipinski definition) is 5. The molecule has 0 saturated carbocycles. The summed E-state index contributed by atoms with van der Waals surface area (Å²) in [4.78, 5) is 39.2. The first-order valence-electron chi connectivity index (χ1n) is 12.8. The Morgan fingerprint density at radius 1 is 1.15 bits per heavy atom. The molecule has 0 amide bonds. The van der Waals surface area contributed by atoms with Crippen LogP contribution in [0.5, 0.6) is 17.2 Å². The lowest BCUT2D eigenvalue weighted by Gasteiger charge is -2.38. The van der Waals surface area contributed by atoms with Gasteiger partial charge in [-0.15, -0.1) is 0 Å². The quantitative estimate of drug-likeness (QED) is 0.247. The molecule has 11 heteroatoms. The predicted molar refractivity (Wildman–Crippen MR) is 137 cm³/mol. The molecule has 5 atom stereocenters. The number of nitrogens with two attached hydrogens (primary N) is 1. The number of Topliss-reactive ketones (excluding diaryl/α,β-unsaturated/α-hetero) is 1. The minimum atomic E-state index is -0.956. The number of ketones is 3. The summed E-state index contributed by atoms with van der Waals surface area (Å²) in [5, 5.41) is 42.3. The molecule has 2 aromatic carbocycles. The smallest absolute Gasteiger partial charge is 0.202 e. The topological polar surface area (TPSA) is 186 Å². The van der Waals surface area contributed by atoms with E-state index in [9.17, 15) is 34.8 Å². The van der Waals surface area contributed by atoms with E-state index in [4.69, 9.17) is 19.9 Å². The number of benzene rings is 2. The maximum absolute atomic E-state index is 13.7. The Kier molecular flexibility index (Phi) is 8.38. The minimum absolute atomic E-state index is 0.00659. The van der Waals surface area contributed by atoms with E-state index >= 15 is 0 Å². The number of fused-ring (bicyclic) bond motifs is 2. The van der Waals surface area contributed by atoms with Gasteiger partial charge in [0.25, 0.3) is 0 Å². The molecule has 1 aliphatic heterocycles. The molecule has 0 radical (unpaired) electrons. The van der Waals surface area contributed by atoms with Crippen LogP contribution in [0, 0.1) is 0 Å². The largest absolute Gasteiger partial charge is 0.507 e. The summed E-state index contributed by atoms with van der Waals surface area (Å²) in [6.07, 6.45) is -3.34. The molecule has 2 aromatic rings. The highest BCUT2D eigenvalue weighted by Gasteiger charge is 2.41. The van der Waals surface area contributed by atoms with E-state index in [0.29, 0.717) is 0 Å². The van der Waals surface area contributed by atoms with E-state index < -0.39 is 71.7 Å². The van der Waals surface area contributed by atoms with E-state index in [1.54, 1.807) is 13.8 Å².